The molecule has 1 heterocycles. The maximum atomic E-state index is 10.9. The molecule has 1 fully saturated rings. The summed E-state index contributed by atoms with van der Waals surface area (Å²) in [6.07, 6.45) is -0.835. The second kappa shape index (κ2) is 3.51. The van der Waals surface area contributed by atoms with Gasteiger partial charge in [0.15, 0.2) is 0 Å². The van der Waals surface area contributed by atoms with E-state index in [0.29, 0.717) is 0 Å². The number of nitrogens with two attached hydrogens (primary N) is 1. The van der Waals surface area contributed by atoms with Crippen LogP contribution in [-0.4, -0.2) is 47.7 Å². The number of nitrogens with zero attached hydrogens (tertiary/aromatic N) is 1. The monoisotopic (exact) mass is 173 g/mol. The predicted octanol–water partition coefficient (Wildman–Crippen LogP) is -2.14. The van der Waals surface area contributed by atoms with Crippen LogP contribution in [0.1, 0.15) is 0 Å². The summed E-state index contributed by atoms with van der Waals surface area (Å²) < 4.78 is 0. The van der Waals surface area contributed by atoms with Crippen LogP contribution in [0.15, 0.2) is 0 Å². The molecule has 0 saturated carbocycles. The van der Waals surface area contributed by atoms with Gasteiger partial charge in [-0.25, -0.2) is 4.79 Å². The minimum atomic E-state index is -0.835. The van der Waals surface area contributed by atoms with Crippen molar-refractivity contribution in [1.29, 1.82) is 0 Å². The Morgan fingerprint density at radius 1 is 1.67 bits per heavy atom. The molecule has 1 unspecified atom stereocenters. The number of nitrogens with one attached hydrogen (secondary N) is 1. The Hall–Kier alpha value is -1.14. The van der Waals surface area contributed by atoms with Crippen molar-refractivity contribution in [2.75, 3.05) is 19.6 Å². The van der Waals surface area contributed by atoms with E-state index in [1.54, 1.807) is 0 Å². The first-order valence-electron chi connectivity index (χ1n) is 3.61. The Kier molecular flexibility index (Phi) is 2.61. The zero-order chi connectivity index (χ0) is 9.14. The number of aliphatic hydroxyl groups excluding tert-OH is 1. The molecule has 0 aliphatic carbocycles. The van der Waals surface area contributed by atoms with E-state index in [2.05, 4.69) is 5.32 Å². The van der Waals surface area contributed by atoms with Crippen LogP contribution in [0.3, 0.4) is 0 Å². The number of amides is 3. The van der Waals surface area contributed by atoms with Crippen LogP contribution in [0.2, 0.25) is 0 Å². The molecule has 6 nitrogen and oxygen atoms in total. The first-order chi connectivity index (χ1) is 5.65. The maximum absolute atomic E-state index is 10.9. The van der Waals surface area contributed by atoms with E-state index in [1.807, 2.05) is 0 Å². The summed E-state index contributed by atoms with van der Waals surface area (Å²) in [6.45, 7) is 0.0222. The Balaban J connectivity index is 2.50. The van der Waals surface area contributed by atoms with Crippen molar-refractivity contribution < 1.29 is 14.7 Å². The van der Waals surface area contributed by atoms with E-state index < -0.39 is 12.1 Å². The molecule has 6 heteroatoms. The average molecular weight is 173 g/mol. The van der Waals surface area contributed by atoms with Gasteiger partial charge in [0.25, 0.3) is 0 Å². The summed E-state index contributed by atoms with van der Waals surface area (Å²) >= 11 is 0. The van der Waals surface area contributed by atoms with Crippen molar-refractivity contribution in [2.24, 2.45) is 5.73 Å². The zero-order valence-electron chi connectivity index (χ0n) is 6.49. The van der Waals surface area contributed by atoms with E-state index in [4.69, 9.17) is 10.8 Å². The van der Waals surface area contributed by atoms with Gasteiger partial charge in [-0.3, -0.25) is 9.69 Å². The average Bonchev–Trinajstić information content (AvgIpc) is 2.35. The highest BCUT2D eigenvalue weighted by Gasteiger charge is 2.29. The lowest BCUT2D eigenvalue weighted by molar-refractivity contribution is -0.125. The second-order valence-corrected chi connectivity index (χ2v) is 2.55. The summed E-state index contributed by atoms with van der Waals surface area (Å²) in [5.74, 6) is -0.326. The number of aliphatic hydroxyl groups is 1. The van der Waals surface area contributed by atoms with Crippen LogP contribution in [0, 0.1) is 0 Å². The fourth-order valence-corrected chi connectivity index (χ4v) is 0.925. The van der Waals surface area contributed by atoms with Gasteiger partial charge in [-0.1, -0.05) is 0 Å². The van der Waals surface area contributed by atoms with Crippen LogP contribution in [0.25, 0.3) is 0 Å². The summed E-state index contributed by atoms with van der Waals surface area (Å²) in [4.78, 5) is 22.8. The lowest BCUT2D eigenvalue weighted by Gasteiger charge is -2.15. The number of β-amino-alcohol motifs (C(OH)–C–C–N with tert-alkyl or cyclic N) is 1. The molecule has 68 valence electrons. The minimum absolute atomic E-state index is 0.0100. The van der Waals surface area contributed by atoms with Crippen molar-refractivity contribution >= 4 is 11.9 Å². The quantitative estimate of drug-likeness (QED) is 0.424. The molecule has 1 saturated heterocycles. The molecule has 0 bridgehead atoms. The van der Waals surface area contributed by atoms with Crippen LogP contribution in [-0.2, 0) is 4.79 Å². The van der Waals surface area contributed by atoms with Gasteiger partial charge < -0.3 is 16.2 Å². The number of carbonyl (C=O) groups excluding carboxylic acids is 2. The standard InChI is InChI=1S/C6H11N3O3/c7-1-4(10)3-9-5(11)2-8-6(9)12/h4,10H,1-3,7H2,(H,8,12). The third-order valence-electron chi connectivity index (χ3n) is 1.60. The fraction of sp³-hybridized carbons (Fsp3) is 0.667. The summed E-state index contributed by atoms with van der Waals surface area (Å²) in [7, 11) is 0. The number of imide groups is 1. The molecule has 1 rings (SSSR count). The molecule has 0 aromatic rings. The number of carbonyl (C=O) groups is 2. The van der Waals surface area contributed by atoms with Crippen molar-refractivity contribution in [2.45, 2.75) is 6.10 Å². The van der Waals surface area contributed by atoms with Crippen LogP contribution in [0.4, 0.5) is 4.79 Å². The summed E-state index contributed by atoms with van der Waals surface area (Å²) in [6, 6.07) is -0.465. The second-order valence-electron chi connectivity index (χ2n) is 2.55. The largest absolute Gasteiger partial charge is 0.390 e. The van der Waals surface area contributed by atoms with Crippen LogP contribution >= 0.6 is 0 Å². The van der Waals surface area contributed by atoms with Crippen LogP contribution in [0.5, 0.6) is 0 Å². The molecule has 1 aliphatic rings. The Morgan fingerprint density at radius 2 is 2.33 bits per heavy atom. The predicted molar refractivity (Wildman–Crippen MR) is 40.2 cm³/mol. The zero-order valence-corrected chi connectivity index (χ0v) is 6.49. The number of hydrogen-bond donors (Lipinski definition) is 3. The third kappa shape index (κ3) is 1.72. The van der Waals surface area contributed by atoms with E-state index in [9.17, 15) is 9.59 Å². The van der Waals surface area contributed by atoms with Crippen molar-refractivity contribution in [3.05, 3.63) is 0 Å². The smallest absolute Gasteiger partial charge is 0.324 e. The molecular formula is C6H11N3O3. The first-order valence-corrected chi connectivity index (χ1v) is 3.61. The molecule has 0 aromatic carbocycles. The molecule has 1 atom stereocenters. The molecule has 12 heavy (non-hydrogen) atoms. The molecule has 0 radical (unpaired) electrons. The van der Waals surface area contributed by atoms with Gasteiger partial charge >= 0.3 is 6.03 Å². The fourth-order valence-electron chi connectivity index (χ4n) is 0.925. The molecule has 0 spiro atoms. The highest BCUT2D eigenvalue weighted by Crippen LogP contribution is 1.99. The lowest BCUT2D eigenvalue weighted by atomic mass is 10.3. The molecule has 3 amide bonds. The normalized spacial score (nSPS) is 19.7. The molecule has 1 aliphatic heterocycles. The highest BCUT2D eigenvalue weighted by molar-refractivity contribution is 6.01. The van der Waals surface area contributed by atoms with Gasteiger partial charge in [-0.2, -0.15) is 0 Å². The van der Waals surface area contributed by atoms with E-state index in [0.717, 1.165) is 4.90 Å². The van der Waals surface area contributed by atoms with E-state index in [-0.39, 0.29) is 25.5 Å². The molecule has 0 aromatic heterocycles. The molecule has 4 N–H and O–H groups in total. The first kappa shape index (κ1) is 8.95. The Morgan fingerprint density at radius 3 is 2.75 bits per heavy atom. The van der Waals surface area contributed by atoms with Gasteiger partial charge in [0.1, 0.15) is 0 Å². The van der Waals surface area contributed by atoms with Gasteiger partial charge in [0, 0.05) is 6.54 Å². The van der Waals surface area contributed by atoms with Crippen molar-refractivity contribution in [1.82, 2.24) is 10.2 Å². The van der Waals surface area contributed by atoms with Gasteiger partial charge in [-0.15, -0.1) is 0 Å². The number of rotatable bonds is 3. The number of urea groups is 1. The Bertz CT molecular complexity index is 190. The van der Waals surface area contributed by atoms with Gasteiger partial charge in [0.2, 0.25) is 5.91 Å². The Labute approximate surface area is 69.3 Å². The van der Waals surface area contributed by atoms with Crippen molar-refractivity contribution in [3.63, 3.8) is 0 Å². The summed E-state index contributed by atoms with van der Waals surface area (Å²) in [5.41, 5.74) is 5.12. The van der Waals surface area contributed by atoms with E-state index in [1.165, 1.54) is 0 Å². The minimum Gasteiger partial charge on any atom is -0.390 e. The number of hydrogen-bond acceptors (Lipinski definition) is 4. The van der Waals surface area contributed by atoms with Crippen LogP contribution < -0.4 is 11.1 Å². The molecular weight excluding hydrogens is 162 g/mol. The SMILES string of the molecule is NCC(O)CN1C(=O)CNC1=O. The third-order valence-corrected chi connectivity index (χ3v) is 1.60. The highest BCUT2D eigenvalue weighted by atomic mass is 16.3. The topological polar surface area (TPSA) is 95.7 Å². The van der Waals surface area contributed by atoms with Gasteiger partial charge in [-0.05, 0) is 0 Å². The van der Waals surface area contributed by atoms with Crippen molar-refractivity contribution in [3.8, 4) is 0 Å². The maximum Gasteiger partial charge on any atom is 0.324 e. The van der Waals surface area contributed by atoms with Gasteiger partial charge in [0.05, 0.1) is 19.2 Å². The lowest BCUT2D eigenvalue weighted by Crippen LogP contribution is -2.40. The summed E-state index contributed by atoms with van der Waals surface area (Å²) in [5, 5.41) is 11.4. The van der Waals surface area contributed by atoms with E-state index >= 15 is 0 Å².